The highest BCUT2D eigenvalue weighted by Gasteiger charge is 2.32. The Morgan fingerprint density at radius 2 is 2.06 bits per heavy atom. The highest BCUT2D eigenvalue weighted by Crippen LogP contribution is 2.40. The predicted molar refractivity (Wildman–Crippen MR) is 124 cm³/mol. The van der Waals surface area contributed by atoms with Gasteiger partial charge in [0, 0.05) is 34.7 Å². The van der Waals surface area contributed by atoms with Gasteiger partial charge in [0.2, 0.25) is 0 Å². The molecule has 2 N–H and O–H groups in total. The summed E-state index contributed by atoms with van der Waals surface area (Å²) in [7, 11) is 1.78. The Morgan fingerprint density at radius 3 is 2.78 bits per heavy atom. The quantitative estimate of drug-likeness (QED) is 0.434. The van der Waals surface area contributed by atoms with E-state index in [-0.39, 0.29) is 18.0 Å². The van der Waals surface area contributed by atoms with Crippen molar-refractivity contribution in [1.29, 1.82) is 0 Å². The number of aryl methyl sites for hydroxylation is 3. The first kappa shape index (κ1) is 20.9. The molecular formula is C21H19BrClN7O2. The maximum atomic E-state index is 13.6. The van der Waals surface area contributed by atoms with Crippen LogP contribution in [0.15, 0.2) is 21.5 Å². The van der Waals surface area contributed by atoms with E-state index in [4.69, 9.17) is 11.6 Å². The maximum Gasteiger partial charge on any atom is 0.256 e. The smallest absolute Gasteiger partial charge is 0.256 e. The molecule has 0 bridgehead atoms. The van der Waals surface area contributed by atoms with Crippen molar-refractivity contribution in [2.24, 2.45) is 7.05 Å². The number of benzene rings is 1. The van der Waals surface area contributed by atoms with E-state index in [9.17, 15) is 9.59 Å². The van der Waals surface area contributed by atoms with Crippen molar-refractivity contribution in [2.75, 3.05) is 6.54 Å². The number of nitrogens with zero attached hydrogens (tertiary/aromatic N) is 5. The topological polar surface area (TPSA) is 113 Å². The average molecular weight is 517 g/mol. The molecule has 1 amide bonds. The van der Waals surface area contributed by atoms with Gasteiger partial charge in [-0.2, -0.15) is 5.10 Å². The highest BCUT2D eigenvalue weighted by atomic mass is 79.9. The van der Waals surface area contributed by atoms with Gasteiger partial charge in [-0.3, -0.25) is 14.7 Å². The zero-order chi connectivity index (χ0) is 22.7. The van der Waals surface area contributed by atoms with E-state index in [0.29, 0.717) is 45.9 Å². The van der Waals surface area contributed by atoms with Crippen LogP contribution in [0.4, 0.5) is 0 Å². The number of H-pyrrole nitrogens is 2. The largest absolute Gasteiger partial charge is 0.334 e. The summed E-state index contributed by atoms with van der Waals surface area (Å²) in [6, 6.07) is 1.91. The van der Waals surface area contributed by atoms with Gasteiger partial charge in [-0.1, -0.05) is 32.7 Å². The molecule has 4 aromatic rings. The number of carbonyl (C=O) groups is 1. The van der Waals surface area contributed by atoms with Gasteiger partial charge in [0.1, 0.15) is 0 Å². The molecule has 0 unspecified atom stereocenters. The van der Waals surface area contributed by atoms with Crippen molar-refractivity contribution >= 4 is 44.3 Å². The first-order valence-corrected chi connectivity index (χ1v) is 11.2. The van der Waals surface area contributed by atoms with Gasteiger partial charge >= 0.3 is 0 Å². The van der Waals surface area contributed by atoms with Crippen molar-refractivity contribution in [3.63, 3.8) is 0 Å². The van der Waals surface area contributed by atoms with E-state index >= 15 is 0 Å². The molecular weight excluding hydrogens is 498 g/mol. The second-order valence-electron chi connectivity index (χ2n) is 7.91. The van der Waals surface area contributed by atoms with Crippen molar-refractivity contribution in [3.8, 4) is 11.3 Å². The monoisotopic (exact) mass is 515 g/mol. The van der Waals surface area contributed by atoms with E-state index in [2.05, 4.69) is 41.4 Å². The zero-order valence-corrected chi connectivity index (χ0v) is 19.9. The molecule has 4 heterocycles. The lowest BCUT2D eigenvalue weighted by molar-refractivity contribution is 0.0727. The highest BCUT2D eigenvalue weighted by molar-refractivity contribution is 9.10. The number of rotatable bonds is 3. The van der Waals surface area contributed by atoms with Crippen LogP contribution in [0.5, 0.6) is 0 Å². The van der Waals surface area contributed by atoms with Crippen LogP contribution in [-0.2, 0) is 20.0 Å². The maximum absolute atomic E-state index is 13.6. The Kier molecular flexibility index (Phi) is 4.94. The van der Waals surface area contributed by atoms with Crippen LogP contribution < -0.4 is 5.56 Å². The second-order valence-corrected chi connectivity index (χ2v) is 9.15. The van der Waals surface area contributed by atoms with Crippen molar-refractivity contribution in [2.45, 2.75) is 26.8 Å². The summed E-state index contributed by atoms with van der Waals surface area (Å²) in [5, 5.41) is 16.3. The summed E-state index contributed by atoms with van der Waals surface area (Å²) in [4.78, 5) is 30.8. The van der Waals surface area contributed by atoms with Crippen LogP contribution in [-0.4, -0.2) is 47.5 Å². The number of nitrogens with one attached hydrogen (secondary N) is 2. The van der Waals surface area contributed by atoms with E-state index in [1.807, 2.05) is 19.9 Å². The van der Waals surface area contributed by atoms with Crippen molar-refractivity contribution in [1.82, 2.24) is 35.1 Å². The Balaban J connectivity index is 1.60. The van der Waals surface area contributed by atoms with Gasteiger partial charge in [0.25, 0.3) is 11.5 Å². The second kappa shape index (κ2) is 7.56. The minimum absolute atomic E-state index is 0.150. The number of halogens is 2. The number of pyridine rings is 1. The average Bonchev–Trinajstić information content (AvgIpc) is 3.36. The van der Waals surface area contributed by atoms with Crippen LogP contribution in [0.3, 0.4) is 0 Å². The number of fused-ring (bicyclic) bond motifs is 2. The van der Waals surface area contributed by atoms with Crippen molar-refractivity contribution < 1.29 is 4.79 Å². The Hall–Kier alpha value is -2.98. The molecule has 3 aromatic heterocycles. The molecule has 164 valence electrons. The first-order valence-electron chi connectivity index (χ1n) is 9.99. The molecule has 1 aliphatic rings. The normalized spacial score (nSPS) is 13.8. The first-order chi connectivity index (χ1) is 15.3. The molecule has 0 spiro atoms. The van der Waals surface area contributed by atoms with Gasteiger partial charge < -0.3 is 9.88 Å². The fourth-order valence-corrected chi connectivity index (χ4v) is 5.32. The fourth-order valence-electron chi connectivity index (χ4n) is 4.36. The van der Waals surface area contributed by atoms with Gasteiger partial charge in [0.05, 0.1) is 45.8 Å². The SMILES string of the molecule is Cc1nnn(C)c1-c1cc(Br)c2c(c1Cl)C(=O)N(Cc1c(=O)[nH]c(C)c3cn[nH]c13)CC2. The van der Waals surface area contributed by atoms with Gasteiger partial charge in [0.15, 0.2) is 0 Å². The molecule has 1 aliphatic heterocycles. The Bertz CT molecular complexity index is 1450. The minimum atomic E-state index is -0.240. The lowest BCUT2D eigenvalue weighted by atomic mass is 9.94. The summed E-state index contributed by atoms with van der Waals surface area (Å²) in [6.45, 7) is 4.28. The van der Waals surface area contributed by atoms with E-state index in [1.165, 1.54) is 0 Å². The van der Waals surface area contributed by atoms with Crippen LogP contribution in [0.2, 0.25) is 5.02 Å². The molecule has 0 atom stereocenters. The summed E-state index contributed by atoms with van der Waals surface area (Å²) in [5.74, 6) is -0.223. The molecule has 0 saturated carbocycles. The van der Waals surface area contributed by atoms with E-state index in [1.54, 1.807) is 22.8 Å². The molecule has 0 fully saturated rings. The van der Waals surface area contributed by atoms with Gasteiger partial charge in [-0.25, -0.2) is 4.68 Å². The van der Waals surface area contributed by atoms with Crippen LogP contribution in [0.25, 0.3) is 22.2 Å². The predicted octanol–water partition coefficient (Wildman–Crippen LogP) is 3.28. The molecule has 1 aromatic carbocycles. The van der Waals surface area contributed by atoms with Gasteiger partial charge in [-0.15, -0.1) is 5.10 Å². The molecule has 0 radical (unpaired) electrons. The number of aromatic amines is 2. The lowest BCUT2D eigenvalue weighted by Gasteiger charge is -2.30. The third-order valence-electron chi connectivity index (χ3n) is 5.97. The standard InChI is InChI=1S/C21H19BrClN7O2/c1-9-13-7-24-27-18(13)14(20(31)25-9)8-30-5-4-11-15(22)6-12(17(23)16(11)21(30)32)19-10(2)26-28-29(19)3/h6-7H,4-5,8H2,1-3H3,(H,24,27)(H,25,31). The summed E-state index contributed by atoms with van der Waals surface area (Å²) in [5.41, 5.74) is 5.04. The van der Waals surface area contributed by atoms with Gasteiger partial charge in [-0.05, 0) is 31.9 Å². The third-order valence-corrected chi connectivity index (χ3v) is 7.07. The third kappa shape index (κ3) is 3.08. The van der Waals surface area contributed by atoms with Crippen LogP contribution in [0, 0.1) is 13.8 Å². The number of aromatic nitrogens is 6. The Labute approximate surface area is 195 Å². The lowest BCUT2D eigenvalue weighted by Crippen LogP contribution is -2.39. The molecule has 9 nitrogen and oxygen atoms in total. The number of carbonyl (C=O) groups excluding carboxylic acids is 1. The minimum Gasteiger partial charge on any atom is -0.334 e. The van der Waals surface area contributed by atoms with Crippen LogP contribution in [0.1, 0.15) is 32.9 Å². The van der Waals surface area contributed by atoms with E-state index < -0.39 is 0 Å². The molecule has 0 saturated heterocycles. The van der Waals surface area contributed by atoms with E-state index in [0.717, 1.165) is 26.8 Å². The number of hydrogen-bond donors (Lipinski definition) is 2. The number of amides is 1. The number of hydrogen-bond acceptors (Lipinski definition) is 5. The molecule has 11 heteroatoms. The molecule has 5 rings (SSSR count). The zero-order valence-electron chi connectivity index (χ0n) is 17.6. The summed E-state index contributed by atoms with van der Waals surface area (Å²) in [6.07, 6.45) is 2.28. The molecule has 32 heavy (non-hydrogen) atoms. The van der Waals surface area contributed by atoms with Crippen molar-refractivity contribution in [3.05, 3.63) is 60.2 Å². The summed E-state index contributed by atoms with van der Waals surface area (Å²) < 4.78 is 2.45. The summed E-state index contributed by atoms with van der Waals surface area (Å²) >= 11 is 10.4. The fraction of sp³-hybridized carbons (Fsp3) is 0.286. The molecule has 0 aliphatic carbocycles. The Morgan fingerprint density at radius 1 is 1.28 bits per heavy atom. The van der Waals surface area contributed by atoms with Crippen LogP contribution >= 0.6 is 27.5 Å².